The summed E-state index contributed by atoms with van der Waals surface area (Å²) in [5.41, 5.74) is 3.24. The van der Waals surface area contributed by atoms with Crippen LogP contribution in [0, 0.1) is 0 Å². The Kier molecular flexibility index (Phi) is 6.44. The van der Waals surface area contributed by atoms with Gasteiger partial charge in [0, 0.05) is 43.2 Å². The van der Waals surface area contributed by atoms with Crippen LogP contribution in [0.2, 0.25) is 0 Å². The number of nitrogens with zero attached hydrogens (tertiary/aromatic N) is 1. The highest BCUT2D eigenvalue weighted by Crippen LogP contribution is 2.28. The molecule has 0 aromatic heterocycles. The van der Waals surface area contributed by atoms with Crippen molar-refractivity contribution in [1.82, 2.24) is 5.32 Å². The van der Waals surface area contributed by atoms with Gasteiger partial charge in [-0.3, -0.25) is 9.69 Å². The number of hydrogen-bond donors (Lipinski definition) is 2. The third kappa shape index (κ3) is 4.86. The molecule has 0 spiro atoms. The summed E-state index contributed by atoms with van der Waals surface area (Å²) in [4.78, 5) is 26.6. The van der Waals surface area contributed by atoms with Crippen LogP contribution in [0.25, 0.3) is 0 Å². The van der Waals surface area contributed by atoms with Gasteiger partial charge in [0.05, 0.1) is 0 Å². The van der Waals surface area contributed by atoms with Gasteiger partial charge in [0.2, 0.25) is 0 Å². The number of rotatable bonds is 7. The molecule has 2 aromatic carbocycles. The summed E-state index contributed by atoms with van der Waals surface area (Å²) >= 11 is 0. The Morgan fingerprint density at radius 2 is 2.00 bits per heavy atom. The highest BCUT2D eigenvalue weighted by Gasteiger charge is 2.24. The zero-order chi connectivity index (χ0) is 19.1. The molecule has 0 saturated heterocycles. The van der Waals surface area contributed by atoms with Gasteiger partial charge in [-0.15, -0.1) is 0 Å². The quantitative estimate of drug-likeness (QED) is 0.737. The van der Waals surface area contributed by atoms with Crippen LogP contribution in [0.1, 0.15) is 29.3 Å². The first kappa shape index (κ1) is 18.9. The fraction of sp³-hybridized carbons (Fsp3) is 0.333. The predicted octanol–water partition coefficient (Wildman–Crippen LogP) is 3.44. The third-order valence-electron chi connectivity index (χ3n) is 4.46. The number of benzene rings is 2. The third-order valence-corrected chi connectivity index (χ3v) is 4.46. The fourth-order valence-electron chi connectivity index (χ4n) is 3.10. The zero-order valence-electron chi connectivity index (χ0n) is 15.5. The minimum Gasteiger partial charge on any atom is -0.382 e. The van der Waals surface area contributed by atoms with Crippen LogP contribution in [0.5, 0.6) is 0 Å². The number of hydrogen-bond acceptors (Lipinski definition) is 3. The molecule has 0 saturated carbocycles. The lowest BCUT2D eigenvalue weighted by molar-refractivity contribution is 0.0944. The topological polar surface area (TPSA) is 70.7 Å². The van der Waals surface area contributed by atoms with Gasteiger partial charge in [0.25, 0.3) is 5.91 Å². The summed E-state index contributed by atoms with van der Waals surface area (Å²) < 4.78 is 5.25. The normalized spacial score (nSPS) is 12.6. The molecule has 6 nitrogen and oxygen atoms in total. The van der Waals surface area contributed by atoms with Gasteiger partial charge in [0.15, 0.2) is 0 Å². The van der Waals surface area contributed by atoms with Gasteiger partial charge < -0.3 is 15.4 Å². The van der Waals surface area contributed by atoms with E-state index in [4.69, 9.17) is 4.74 Å². The van der Waals surface area contributed by atoms with Crippen LogP contribution in [0.3, 0.4) is 0 Å². The van der Waals surface area contributed by atoms with Crippen LogP contribution in [0.15, 0.2) is 48.5 Å². The van der Waals surface area contributed by atoms with Crippen molar-refractivity contribution in [3.8, 4) is 0 Å². The van der Waals surface area contributed by atoms with Gasteiger partial charge in [0.1, 0.15) is 0 Å². The number of anilines is 2. The second-order valence-electron chi connectivity index (χ2n) is 6.35. The second-order valence-corrected chi connectivity index (χ2v) is 6.35. The average Bonchev–Trinajstić information content (AvgIpc) is 3.12. The Hall–Kier alpha value is -2.86. The number of fused-ring (bicyclic) bond motifs is 1. The van der Waals surface area contributed by atoms with E-state index >= 15 is 0 Å². The molecule has 0 fully saturated rings. The molecular formula is C21H25N3O3. The number of carbonyl (C=O) groups excluding carboxylic acids is 2. The molecule has 1 aliphatic heterocycles. The van der Waals surface area contributed by atoms with Gasteiger partial charge in [-0.1, -0.05) is 24.3 Å². The molecule has 1 aliphatic rings. The van der Waals surface area contributed by atoms with Crippen molar-refractivity contribution in [2.75, 3.05) is 36.5 Å². The first-order chi connectivity index (χ1) is 13.2. The van der Waals surface area contributed by atoms with E-state index in [0.29, 0.717) is 37.6 Å². The van der Waals surface area contributed by atoms with Crippen molar-refractivity contribution in [3.05, 3.63) is 59.7 Å². The molecule has 3 amide bonds. The van der Waals surface area contributed by atoms with Crippen molar-refractivity contribution in [1.29, 1.82) is 0 Å². The van der Waals surface area contributed by atoms with Crippen molar-refractivity contribution < 1.29 is 14.3 Å². The lowest BCUT2D eigenvalue weighted by Gasteiger charge is -2.18. The van der Waals surface area contributed by atoms with Gasteiger partial charge >= 0.3 is 6.03 Å². The highest BCUT2D eigenvalue weighted by atomic mass is 16.5. The zero-order valence-corrected chi connectivity index (χ0v) is 15.5. The molecule has 2 N–H and O–H groups in total. The van der Waals surface area contributed by atoms with Crippen LogP contribution >= 0.6 is 0 Å². The summed E-state index contributed by atoms with van der Waals surface area (Å²) in [5.74, 6) is -0.158. The number of urea groups is 1. The van der Waals surface area contributed by atoms with Crippen molar-refractivity contribution in [2.24, 2.45) is 0 Å². The van der Waals surface area contributed by atoms with E-state index < -0.39 is 0 Å². The molecule has 27 heavy (non-hydrogen) atoms. The maximum absolute atomic E-state index is 12.6. The molecule has 0 aliphatic carbocycles. The summed E-state index contributed by atoms with van der Waals surface area (Å²) in [7, 11) is 0. The Bertz CT molecular complexity index is 807. The number of nitrogens with one attached hydrogen (secondary N) is 2. The lowest BCUT2D eigenvalue weighted by atomic mass is 10.2. The largest absolute Gasteiger partial charge is 0.382 e. The smallest absolute Gasteiger partial charge is 0.326 e. The SMILES string of the molecule is CCOCCCNC(=O)c1cccc(NC(=O)N2CCc3ccccc32)c1. The molecule has 1 heterocycles. The maximum atomic E-state index is 12.6. The summed E-state index contributed by atoms with van der Waals surface area (Å²) in [6.45, 7) is 4.46. The first-order valence-electron chi connectivity index (χ1n) is 9.31. The molecule has 3 rings (SSSR count). The predicted molar refractivity (Wildman–Crippen MR) is 106 cm³/mol. The fourth-order valence-corrected chi connectivity index (χ4v) is 3.10. The molecule has 0 atom stereocenters. The molecule has 0 unspecified atom stereocenters. The molecular weight excluding hydrogens is 342 g/mol. The number of ether oxygens (including phenoxy) is 1. The summed E-state index contributed by atoms with van der Waals surface area (Å²) in [6, 6.07) is 14.7. The summed E-state index contributed by atoms with van der Waals surface area (Å²) in [6.07, 6.45) is 1.62. The monoisotopic (exact) mass is 367 g/mol. The van der Waals surface area contributed by atoms with E-state index in [1.807, 2.05) is 31.2 Å². The van der Waals surface area contributed by atoms with E-state index in [2.05, 4.69) is 10.6 Å². The molecule has 0 bridgehead atoms. The van der Waals surface area contributed by atoms with E-state index in [-0.39, 0.29) is 11.9 Å². The molecule has 0 radical (unpaired) electrons. The second kappa shape index (κ2) is 9.19. The molecule has 6 heteroatoms. The van der Waals surface area contributed by atoms with E-state index in [1.165, 1.54) is 5.56 Å². The van der Waals surface area contributed by atoms with Crippen molar-refractivity contribution >= 4 is 23.3 Å². The van der Waals surface area contributed by atoms with Gasteiger partial charge in [-0.2, -0.15) is 0 Å². The number of carbonyl (C=O) groups is 2. The Labute approximate surface area is 159 Å². The molecule has 2 aromatic rings. The van der Waals surface area contributed by atoms with Crippen LogP contribution in [-0.2, 0) is 11.2 Å². The van der Waals surface area contributed by atoms with Gasteiger partial charge in [-0.25, -0.2) is 4.79 Å². The van der Waals surface area contributed by atoms with E-state index in [9.17, 15) is 9.59 Å². The lowest BCUT2D eigenvalue weighted by Crippen LogP contribution is -2.33. The Morgan fingerprint density at radius 1 is 1.15 bits per heavy atom. The van der Waals surface area contributed by atoms with Crippen LogP contribution in [0.4, 0.5) is 16.2 Å². The number of para-hydroxylation sites is 1. The van der Waals surface area contributed by atoms with Crippen LogP contribution in [-0.4, -0.2) is 38.2 Å². The standard InChI is InChI=1S/C21H25N3O3/c1-2-27-14-6-12-22-20(25)17-8-5-9-18(15-17)23-21(26)24-13-11-16-7-3-4-10-19(16)24/h3-5,7-10,15H,2,6,11-14H2,1H3,(H,22,25)(H,23,26). The Balaban J connectivity index is 1.58. The highest BCUT2D eigenvalue weighted by molar-refractivity contribution is 6.04. The van der Waals surface area contributed by atoms with E-state index in [0.717, 1.165) is 18.5 Å². The summed E-state index contributed by atoms with van der Waals surface area (Å²) in [5, 5.41) is 5.76. The Morgan fingerprint density at radius 3 is 2.85 bits per heavy atom. The maximum Gasteiger partial charge on any atom is 0.326 e. The van der Waals surface area contributed by atoms with Crippen LogP contribution < -0.4 is 15.5 Å². The average molecular weight is 367 g/mol. The van der Waals surface area contributed by atoms with E-state index in [1.54, 1.807) is 29.2 Å². The first-order valence-corrected chi connectivity index (χ1v) is 9.31. The molecule has 142 valence electrons. The van der Waals surface area contributed by atoms with Crippen molar-refractivity contribution in [3.63, 3.8) is 0 Å². The van der Waals surface area contributed by atoms with Crippen molar-refractivity contribution in [2.45, 2.75) is 19.8 Å². The van der Waals surface area contributed by atoms with Gasteiger partial charge in [-0.05, 0) is 49.6 Å². The minimum absolute atomic E-state index is 0.158. The minimum atomic E-state index is -0.186. The number of amides is 3.